The zero-order valence-electron chi connectivity index (χ0n) is 7.73. The van der Waals surface area contributed by atoms with E-state index in [0.29, 0.717) is 6.20 Å². The van der Waals surface area contributed by atoms with Gasteiger partial charge in [0.05, 0.1) is 12.2 Å². The molecule has 0 atom stereocenters. The minimum atomic E-state index is -4.62. The minimum absolute atomic E-state index is 0.350. The molecule has 1 heterocycles. The van der Waals surface area contributed by atoms with E-state index in [4.69, 9.17) is 0 Å². The standard InChI is InChI=1S/C7H7F3N2O3S/c8-7(9,10)6-3-12-2-1-5(6)4-15-16(11,13)14/h1-3H,4H2,(H2,11,13,14). The summed E-state index contributed by atoms with van der Waals surface area (Å²) < 4.78 is 62.1. The molecule has 1 rings (SSSR count). The van der Waals surface area contributed by atoms with Crippen LogP contribution in [0.5, 0.6) is 0 Å². The number of hydrogen-bond donors (Lipinski definition) is 1. The van der Waals surface area contributed by atoms with E-state index in [1.54, 1.807) is 0 Å². The number of pyridine rings is 1. The van der Waals surface area contributed by atoms with Crippen molar-refractivity contribution in [3.05, 3.63) is 29.6 Å². The van der Waals surface area contributed by atoms with E-state index < -0.39 is 28.7 Å². The van der Waals surface area contributed by atoms with Crippen LogP contribution >= 0.6 is 0 Å². The summed E-state index contributed by atoms with van der Waals surface area (Å²) in [5, 5.41) is 4.50. The molecule has 0 saturated heterocycles. The minimum Gasteiger partial charge on any atom is -0.264 e. The predicted octanol–water partition coefficient (Wildman–Crippen LogP) is 0.821. The Morgan fingerprint density at radius 3 is 2.56 bits per heavy atom. The monoisotopic (exact) mass is 256 g/mol. The van der Waals surface area contributed by atoms with Gasteiger partial charge in [-0.15, -0.1) is 0 Å². The van der Waals surface area contributed by atoms with E-state index in [0.717, 1.165) is 12.3 Å². The van der Waals surface area contributed by atoms with Crippen LogP contribution in [0.2, 0.25) is 0 Å². The average Bonchev–Trinajstić information content (AvgIpc) is 2.12. The lowest BCUT2D eigenvalue weighted by atomic mass is 10.1. The molecule has 0 saturated carbocycles. The number of hydrogen-bond acceptors (Lipinski definition) is 4. The third kappa shape index (κ3) is 3.76. The molecular formula is C7H7F3N2O3S. The Labute approximate surface area is 89.3 Å². The molecule has 90 valence electrons. The molecule has 9 heteroatoms. The van der Waals surface area contributed by atoms with Crippen molar-refractivity contribution in [1.82, 2.24) is 4.98 Å². The molecule has 0 aromatic carbocycles. The highest BCUT2D eigenvalue weighted by Gasteiger charge is 2.33. The predicted molar refractivity (Wildman–Crippen MR) is 47.1 cm³/mol. The van der Waals surface area contributed by atoms with Crippen LogP contribution in [-0.2, 0) is 27.3 Å². The summed E-state index contributed by atoms with van der Waals surface area (Å²) in [7, 11) is -4.27. The van der Waals surface area contributed by atoms with Gasteiger partial charge in [-0.3, -0.25) is 9.17 Å². The largest absolute Gasteiger partial charge is 0.418 e. The third-order valence-corrected chi connectivity index (χ3v) is 2.04. The van der Waals surface area contributed by atoms with Gasteiger partial charge in [0, 0.05) is 12.4 Å². The summed E-state index contributed by atoms with van der Waals surface area (Å²) >= 11 is 0. The first-order valence-corrected chi connectivity index (χ1v) is 5.34. The molecule has 0 radical (unpaired) electrons. The maximum Gasteiger partial charge on any atom is 0.418 e. The highest BCUT2D eigenvalue weighted by molar-refractivity contribution is 7.84. The van der Waals surface area contributed by atoms with Gasteiger partial charge >= 0.3 is 16.5 Å². The van der Waals surface area contributed by atoms with Gasteiger partial charge in [-0.1, -0.05) is 0 Å². The molecule has 0 aliphatic carbocycles. The van der Waals surface area contributed by atoms with E-state index >= 15 is 0 Å². The first-order chi connectivity index (χ1) is 7.20. The van der Waals surface area contributed by atoms with Crippen molar-refractivity contribution in [2.75, 3.05) is 0 Å². The van der Waals surface area contributed by atoms with Gasteiger partial charge in [-0.25, -0.2) is 5.14 Å². The van der Waals surface area contributed by atoms with E-state index in [1.165, 1.54) is 0 Å². The first kappa shape index (κ1) is 12.9. The summed E-state index contributed by atoms with van der Waals surface area (Å²) in [6, 6.07) is 1.01. The molecule has 0 bridgehead atoms. The normalized spacial score (nSPS) is 12.8. The van der Waals surface area contributed by atoms with Crippen LogP contribution in [0.3, 0.4) is 0 Å². The van der Waals surface area contributed by atoms with Gasteiger partial charge in [0.1, 0.15) is 0 Å². The maximum absolute atomic E-state index is 12.4. The lowest BCUT2D eigenvalue weighted by Gasteiger charge is -2.11. The Morgan fingerprint density at radius 2 is 2.06 bits per heavy atom. The number of alkyl halides is 3. The zero-order valence-corrected chi connectivity index (χ0v) is 8.55. The smallest absolute Gasteiger partial charge is 0.264 e. The first-order valence-electron chi connectivity index (χ1n) is 3.87. The highest BCUT2D eigenvalue weighted by Crippen LogP contribution is 2.31. The summed E-state index contributed by atoms with van der Waals surface area (Å²) in [6.07, 6.45) is -2.94. The molecule has 1 aromatic heterocycles. The SMILES string of the molecule is NS(=O)(=O)OCc1ccncc1C(F)(F)F. The van der Waals surface area contributed by atoms with Crippen molar-refractivity contribution in [3.63, 3.8) is 0 Å². The Hall–Kier alpha value is -1.19. The number of nitrogens with zero attached hydrogens (tertiary/aromatic N) is 1. The number of rotatable bonds is 3. The fourth-order valence-electron chi connectivity index (χ4n) is 0.950. The van der Waals surface area contributed by atoms with Gasteiger partial charge in [0.15, 0.2) is 0 Å². The van der Waals surface area contributed by atoms with Gasteiger partial charge in [0.2, 0.25) is 0 Å². The van der Waals surface area contributed by atoms with Gasteiger partial charge in [0.25, 0.3) is 0 Å². The molecule has 0 fully saturated rings. The number of aromatic nitrogens is 1. The second kappa shape index (κ2) is 4.36. The molecule has 0 aliphatic rings. The summed E-state index contributed by atoms with van der Waals surface area (Å²) in [6.45, 7) is -0.782. The average molecular weight is 256 g/mol. The molecule has 0 aliphatic heterocycles. The van der Waals surface area contributed by atoms with Crippen LogP contribution in [0.25, 0.3) is 0 Å². The van der Waals surface area contributed by atoms with Crippen molar-refractivity contribution < 1.29 is 25.8 Å². The van der Waals surface area contributed by atoms with E-state index in [9.17, 15) is 21.6 Å². The van der Waals surface area contributed by atoms with Crippen LogP contribution in [0.1, 0.15) is 11.1 Å². The molecular weight excluding hydrogens is 249 g/mol. The number of nitrogens with two attached hydrogens (primary N) is 1. The fraction of sp³-hybridized carbons (Fsp3) is 0.286. The second-order valence-electron chi connectivity index (χ2n) is 2.79. The van der Waals surface area contributed by atoms with Crippen LogP contribution in [0.15, 0.2) is 18.5 Å². The second-order valence-corrected chi connectivity index (χ2v) is 4.01. The third-order valence-electron chi connectivity index (χ3n) is 1.60. The van der Waals surface area contributed by atoms with E-state index in [-0.39, 0.29) is 5.56 Å². The molecule has 0 unspecified atom stereocenters. The molecule has 5 nitrogen and oxygen atoms in total. The van der Waals surface area contributed by atoms with Crippen molar-refractivity contribution >= 4 is 10.3 Å². The molecule has 1 aromatic rings. The number of halogens is 3. The van der Waals surface area contributed by atoms with E-state index in [1.807, 2.05) is 0 Å². The van der Waals surface area contributed by atoms with Crippen molar-refractivity contribution in [2.45, 2.75) is 12.8 Å². The van der Waals surface area contributed by atoms with Crippen LogP contribution < -0.4 is 5.14 Å². The van der Waals surface area contributed by atoms with Crippen molar-refractivity contribution in [2.24, 2.45) is 5.14 Å². The lowest BCUT2D eigenvalue weighted by molar-refractivity contribution is -0.138. The Kier molecular flexibility index (Phi) is 3.51. The summed E-state index contributed by atoms with van der Waals surface area (Å²) in [5.41, 5.74) is -1.41. The van der Waals surface area contributed by atoms with Crippen LogP contribution in [0.4, 0.5) is 13.2 Å². The van der Waals surface area contributed by atoms with Crippen LogP contribution in [-0.4, -0.2) is 13.4 Å². The lowest BCUT2D eigenvalue weighted by Crippen LogP contribution is -2.17. The van der Waals surface area contributed by atoms with Crippen molar-refractivity contribution in [1.29, 1.82) is 0 Å². The Morgan fingerprint density at radius 1 is 1.44 bits per heavy atom. The molecule has 0 spiro atoms. The quantitative estimate of drug-likeness (QED) is 0.867. The summed E-state index contributed by atoms with van der Waals surface area (Å²) in [5.74, 6) is 0. The molecule has 2 N–H and O–H groups in total. The van der Waals surface area contributed by atoms with Crippen molar-refractivity contribution in [3.8, 4) is 0 Å². The Bertz CT molecular complexity index is 472. The van der Waals surface area contributed by atoms with Gasteiger partial charge in [-0.05, 0) is 11.6 Å². The van der Waals surface area contributed by atoms with Gasteiger partial charge < -0.3 is 0 Å². The zero-order chi connectivity index (χ0) is 12.4. The molecule has 0 amide bonds. The summed E-state index contributed by atoms with van der Waals surface area (Å²) in [4.78, 5) is 3.30. The Balaban J connectivity index is 2.97. The van der Waals surface area contributed by atoms with E-state index in [2.05, 4.69) is 14.3 Å². The van der Waals surface area contributed by atoms with Crippen LogP contribution in [0, 0.1) is 0 Å². The topological polar surface area (TPSA) is 82.3 Å². The maximum atomic E-state index is 12.4. The fourth-order valence-corrected chi connectivity index (χ4v) is 1.24. The highest BCUT2D eigenvalue weighted by atomic mass is 32.2. The molecule has 16 heavy (non-hydrogen) atoms. The van der Waals surface area contributed by atoms with Gasteiger partial charge in [-0.2, -0.15) is 21.6 Å².